The van der Waals surface area contributed by atoms with Crippen molar-refractivity contribution in [2.45, 2.75) is 31.3 Å². The molecule has 0 N–H and O–H groups in total. The van der Waals surface area contributed by atoms with Crippen LogP contribution in [0.5, 0.6) is 0 Å². The summed E-state index contributed by atoms with van der Waals surface area (Å²) in [6, 6.07) is 16.6. The summed E-state index contributed by atoms with van der Waals surface area (Å²) in [7, 11) is -4.17. The molecule has 3 aromatic rings. The number of thiophene rings is 1. The number of halogens is 1. The highest BCUT2D eigenvalue weighted by atomic mass is 35.5. The maximum absolute atomic E-state index is 13.4. The maximum Gasteiger partial charge on any atom is 0.289 e. The molecule has 0 aliphatic heterocycles. The molecule has 0 atom stereocenters. The highest BCUT2D eigenvalue weighted by Crippen LogP contribution is 2.29. The summed E-state index contributed by atoms with van der Waals surface area (Å²) < 4.78 is 27.7. The molecule has 0 aliphatic rings. The van der Waals surface area contributed by atoms with Crippen molar-refractivity contribution in [2.24, 2.45) is 0 Å². The van der Waals surface area contributed by atoms with Crippen molar-refractivity contribution < 1.29 is 18.1 Å². The molecule has 1 aromatic heterocycles. The normalized spacial score (nSPS) is 11.5. The van der Waals surface area contributed by atoms with E-state index in [4.69, 9.17) is 11.6 Å². The summed E-state index contributed by atoms with van der Waals surface area (Å²) in [4.78, 5) is 26.2. The number of nitro groups is 1. The van der Waals surface area contributed by atoms with Crippen LogP contribution in [-0.2, 0) is 27.9 Å². The smallest absolute Gasteiger partial charge is 0.289 e. The van der Waals surface area contributed by atoms with E-state index in [0.717, 1.165) is 20.8 Å². The number of sulfonamides is 1. The van der Waals surface area contributed by atoms with Gasteiger partial charge in [-0.25, -0.2) is 8.42 Å². The van der Waals surface area contributed by atoms with E-state index in [9.17, 15) is 23.3 Å². The summed E-state index contributed by atoms with van der Waals surface area (Å²) >= 11 is 7.36. The fourth-order valence-corrected chi connectivity index (χ4v) is 5.76. The highest BCUT2D eigenvalue weighted by molar-refractivity contribution is 7.89. The fourth-order valence-electron chi connectivity index (χ4n) is 3.35. The minimum absolute atomic E-state index is 0.0860. The molecular formula is C23H24ClN3O5S2. The Morgan fingerprint density at radius 1 is 1.09 bits per heavy atom. The molecule has 0 saturated carbocycles. The lowest BCUT2D eigenvalue weighted by molar-refractivity contribution is -0.384. The van der Waals surface area contributed by atoms with E-state index >= 15 is 0 Å². The van der Waals surface area contributed by atoms with E-state index < -0.39 is 20.6 Å². The van der Waals surface area contributed by atoms with Gasteiger partial charge in [0.1, 0.15) is 5.02 Å². The number of benzene rings is 2. The predicted molar refractivity (Wildman–Crippen MR) is 132 cm³/mol. The lowest BCUT2D eigenvalue weighted by Gasteiger charge is -2.27. The first kappa shape index (κ1) is 25.8. The van der Waals surface area contributed by atoms with E-state index in [0.29, 0.717) is 19.5 Å². The van der Waals surface area contributed by atoms with Gasteiger partial charge in [-0.15, -0.1) is 11.3 Å². The van der Waals surface area contributed by atoms with Crippen molar-refractivity contribution in [2.75, 3.05) is 13.1 Å². The molecule has 0 unspecified atom stereocenters. The second kappa shape index (κ2) is 11.6. The molecule has 3 rings (SSSR count). The molecule has 0 aliphatic carbocycles. The van der Waals surface area contributed by atoms with Crippen LogP contribution >= 0.6 is 22.9 Å². The van der Waals surface area contributed by atoms with Crippen molar-refractivity contribution >= 4 is 44.6 Å². The SMILES string of the molecule is CCCN(CC(=O)N(Cc1ccccc1)Cc1cccs1)S(=O)(=O)c1ccc(Cl)c([N+](=O)[O-])c1. The van der Waals surface area contributed by atoms with Crippen molar-refractivity contribution in [3.8, 4) is 0 Å². The van der Waals surface area contributed by atoms with Gasteiger partial charge in [0.15, 0.2) is 0 Å². The number of hydrogen-bond donors (Lipinski definition) is 0. The van der Waals surface area contributed by atoms with Gasteiger partial charge in [0.05, 0.1) is 22.9 Å². The van der Waals surface area contributed by atoms with Crippen LogP contribution in [0.15, 0.2) is 70.9 Å². The zero-order valence-corrected chi connectivity index (χ0v) is 20.9. The highest BCUT2D eigenvalue weighted by Gasteiger charge is 2.30. The summed E-state index contributed by atoms with van der Waals surface area (Å²) in [6.07, 6.45) is 0.464. The minimum Gasteiger partial charge on any atom is -0.332 e. The van der Waals surface area contributed by atoms with Gasteiger partial charge in [-0.1, -0.05) is 54.9 Å². The van der Waals surface area contributed by atoms with Crippen LogP contribution in [0.4, 0.5) is 5.69 Å². The lowest BCUT2D eigenvalue weighted by Crippen LogP contribution is -2.42. The Hall–Kier alpha value is -2.79. The predicted octanol–water partition coefficient (Wildman–Crippen LogP) is 4.94. The molecule has 0 spiro atoms. The van der Waals surface area contributed by atoms with Crippen molar-refractivity contribution in [3.63, 3.8) is 0 Å². The number of nitrogens with zero attached hydrogens (tertiary/aromatic N) is 3. The van der Waals surface area contributed by atoms with Gasteiger partial charge in [-0.2, -0.15) is 4.31 Å². The van der Waals surface area contributed by atoms with E-state index in [1.54, 1.807) is 11.8 Å². The van der Waals surface area contributed by atoms with Gasteiger partial charge in [-0.3, -0.25) is 14.9 Å². The Morgan fingerprint density at radius 2 is 1.82 bits per heavy atom. The minimum atomic E-state index is -4.17. The molecule has 0 radical (unpaired) electrons. The zero-order valence-electron chi connectivity index (χ0n) is 18.5. The third-order valence-corrected chi connectivity index (χ3v) is 8.05. The molecule has 0 bridgehead atoms. The molecule has 8 nitrogen and oxygen atoms in total. The standard InChI is InChI=1S/C23H24ClN3O5S2/c1-2-12-26(34(31,32)20-10-11-21(24)22(14-20)27(29)30)17-23(28)25(16-19-9-6-13-33-19)15-18-7-4-3-5-8-18/h3-11,13-14H,2,12,15-17H2,1H3. The first-order valence-corrected chi connectivity index (χ1v) is 13.2. The first-order valence-electron chi connectivity index (χ1n) is 10.5. The molecule has 0 fully saturated rings. The summed E-state index contributed by atoms with van der Waals surface area (Å²) in [6.45, 7) is 2.17. The topological polar surface area (TPSA) is 101 Å². The van der Waals surface area contributed by atoms with Gasteiger partial charge in [0.25, 0.3) is 5.69 Å². The van der Waals surface area contributed by atoms with Gasteiger partial charge in [-0.05, 0) is 35.6 Å². The van der Waals surface area contributed by atoms with Crippen molar-refractivity contribution in [1.29, 1.82) is 0 Å². The van der Waals surface area contributed by atoms with E-state index in [1.807, 2.05) is 47.8 Å². The number of amides is 1. The summed E-state index contributed by atoms with van der Waals surface area (Å²) in [5.41, 5.74) is 0.416. The summed E-state index contributed by atoms with van der Waals surface area (Å²) in [5.74, 6) is -0.363. The van der Waals surface area contributed by atoms with Gasteiger partial charge in [0, 0.05) is 24.0 Å². The van der Waals surface area contributed by atoms with Crippen LogP contribution < -0.4 is 0 Å². The van der Waals surface area contributed by atoms with Crippen LogP contribution in [0.2, 0.25) is 5.02 Å². The number of rotatable bonds is 11. The Labute approximate surface area is 207 Å². The molecule has 34 heavy (non-hydrogen) atoms. The Kier molecular flexibility index (Phi) is 8.78. The zero-order chi connectivity index (χ0) is 24.7. The Bertz CT molecular complexity index is 1230. The van der Waals surface area contributed by atoms with Crippen molar-refractivity contribution in [3.05, 3.63) is 91.6 Å². The quantitative estimate of drug-likeness (QED) is 0.263. The fraction of sp³-hybridized carbons (Fsp3) is 0.261. The van der Waals surface area contributed by atoms with Crippen LogP contribution in [0.3, 0.4) is 0 Å². The monoisotopic (exact) mass is 521 g/mol. The average molecular weight is 522 g/mol. The van der Waals surface area contributed by atoms with Gasteiger partial charge < -0.3 is 4.90 Å². The number of nitro benzene ring substituents is 1. The van der Waals surface area contributed by atoms with Crippen LogP contribution in [0.25, 0.3) is 0 Å². The van der Waals surface area contributed by atoms with Crippen LogP contribution in [0.1, 0.15) is 23.8 Å². The Balaban J connectivity index is 1.88. The number of carbonyl (C=O) groups excluding carboxylic acids is 1. The molecular weight excluding hydrogens is 498 g/mol. The van der Waals surface area contributed by atoms with Crippen LogP contribution in [0, 0.1) is 10.1 Å². The van der Waals surface area contributed by atoms with Crippen LogP contribution in [-0.4, -0.2) is 41.5 Å². The molecule has 1 amide bonds. The summed E-state index contributed by atoms with van der Waals surface area (Å²) in [5, 5.41) is 13.0. The maximum atomic E-state index is 13.4. The second-order valence-electron chi connectivity index (χ2n) is 7.52. The van der Waals surface area contributed by atoms with E-state index in [2.05, 4.69) is 0 Å². The molecule has 180 valence electrons. The number of hydrogen-bond acceptors (Lipinski definition) is 6. The Morgan fingerprint density at radius 3 is 2.44 bits per heavy atom. The lowest BCUT2D eigenvalue weighted by atomic mass is 10.2. The van der Waals surface area contributed by atoms with Crippen molar-refractivity contribution in [1.82, 2.24) is 9.21 Å². The number of carbonyl (C=O) groups is 1. The molecule has 2 aromatic carbocycles. The average Bonchev–Trinajstić information content (AvgIpc) is 3.32. The third-order valence-electron chi connectivity index (χ3n) is 5.03. The largest absolute Gasteiger partial charge is 0.332 e. The van der Waals surface area contributed by atoms with Gasteiger partial charge >= 0.3 is 0 Å². The molecule has 0 saturated heterocycles. The second-order valence-corrected chi connectivity index (χ2v) is 10.9. The third kappa shape index (κ3) is 6.41. The van der Waals surface area contributed by atoms with E-state index in [-0.39, 0.29) is 28.9 Å². The molecule has 1 heterocycles. The van der Waals surface area contributed by atoms with Gasteiger partial charge in [0.2, 0.25) is 15.9 Å². The van der Waals surface area contributed by atoms with E-state index in [1.165, 1.54) is 23.5 Å². The molecule has 11 heteroatoms. The first-order chi connectivity index (χ1) is 16.2.